The molecular formula is C14H12F2N6. The minimum Gasteiger partial charge on any atom is -0.345 e. The summed E-state index contributed by atoms with van der Waals surface area (Å²) in [5.41, 5.74) is 7.29. The molecule has 0 aliphatic carbocycles. The fraction of sp³-hybridized carbons (Fsp3) is 0.0714. The quantitative estimate of drug-likeness (QED) is 0.721. The van der Waals surface area contributed by atoms with E-state index in [4.69, 9.17) is 5.73 Å². The van der Waals surface area contributed by atoms with E-state index >= 15 is 0 Å². The molecule has 0 unspecified atom stereocenters. The molecule has 0 saturated heterocycles. The van der Waals surface area contributed by atoms with E-state index in [1.165, 1.54) is 18.2 Å². The molecule has 3 heterocycles. The summed E-state index contributed by atoms with van der Waals surface area (Å²) in [5.74, 6) is -1.07. The molecule has 0 saturated carbocycles. The third-order valence-electron chi connectivity index (χ3n) is 3.20. The molecule has 0 aliphatic heterocycles. The first-order chi connectivity index (χ1) is 10.7. The van der Waals surface area contributed by atoms with Gasteiger partial charge in [0.05, 0.1) is 24.3 Å². The number of H-pyrrole nitrogens is 1. The molecule has 0 bridgehead atoms. The first-order valence-electron chi connectivity index (χ1n) is 6.38. The fourth-order valence-corrected chi connectivity index (χ4v) is 2.30. The van der Waals surface area contributed by atoms with Crippen molar-refractivity contribution >= 4 is 23.5 Å². The van der Waals surface area contributed by atoms with Gasteiger partial charge < -0.3 is 10.7 Å². The molecule has 0 fully saturated rings. The average molecular weight is 302 g/mol. The molecule has 0 aliphatic rings. The van der Waals surface area contributed by atoms with Crippen LogP contribution in [0, 0.1) is 11.8 Å². The van der Waals surface area contributed by atoms with Crippen LogP contribution in [0.4, 0.5) is 8.78 Å². The maximum atomic E-state index is 13.7. The van der Waals surface area contributed by atoms with E-state index in [1.807, 2.05) is 0 Å². The van der Waals surface area contributed by atoms with Crippen LogP contribution < -0.4 is 5.73 Å². The van der Waals surface area contributed by atoms with Crippen LogP contribution in [-0.4, -0.2) is 33.7 Å². The summed E-state index contributed by atoms with van der Waals surface area (Å²) in [6.45, 7) is 3.31. The van der Waals surface area contributed by atoms with Crippen molar-refractivity contribution in [1.29, 1.82) is 0 Å². The van der Waals surface area contributed by atoms with Crippen LogP contribution in [0.3, 0.4) is 0 Å². The zero-order chi connectivity index (χ0) is 15.7. The van der Waals surface area contributed by atoms with E-state index in [1.54, 1.807) is 6.20 Å². The Kier molecular flexibility index (Phi) is 3.51. The van der Waals surface area contributed by atoms with Gasteiger partial charge in [-0.25, -0.2) is 14.1 Å². The molecule has 3 aromatic heterocycles. The van der Waals surface area contributed by atoms with Crippen molar-refractivity contribution in [2.75, 3.05) is 6.67 Å². The number of fused-ring (bicyclic) bond motifs is 1. The number of aromatic amines is 1. The SMILES string of the molecule is C=Nn1c(F)ccc1C(=NCN)c1c[nH]c2ncc(F)cc12. The van der Waals surface area contributed by atoms with Gasteiger partial charge in [0, 0.05) is 23.9 Å². The molecule has 22 heavy (non-hydrogen) atoms. The Bertz CT molecular complexity index is 877. The van der Waals surface area contributed by atoms with E-state index in [2.05, 4.69) is 26.8 Å². The summed E-state index contributed by atoms with van der Waals surface area (Å²) in [6, 6.07) is 4.07. The normalized spacial score (nSPS) is 12.0. The minimum atomic E-state index is -0.584. The van der Waals surface area contributed by atoms with Crippen LogP contribution >= 0.6 is 0 Å². The fourth-order valence-electron chi connectivity index (χ4n) is 2.30. The highest BCUT2D eigenvalue weighted by atomic mass is 19.1. The van der Waals surface area contributed by atoms with E-state index in [0.29, 0.717) is 28.0 Å². The lowest BCUT2D eigenvalue weighted by Gasteiger charge is -2.07. The molecule has 112 valence electrons. The summed E-state index contributed by atoms with van der Waals surface area (Å²) < 4.78 is 28.2. The van der Waals surface area contributed by atoms with E-state index in [9.17, 15) is 8.78 Å². The zero-order valence-corrected chi connectivity index (χ0v) is 11.4. The summed E-state index contributed by atoms with van der Waals surface area (Å²) in [7, 11) is 0. The zero-order valence-electron chi connectivity index (χ0n) is 11.4. The van der Waals surface area contributed by atoms with Crippen molar-refractivity contribution in [2.45, 2.75) is 0 Å². The van der Waals surface area contributed by atoms with Gasteiger partial charge in [-0.2, -0.15) is 9.49 Å². The molecule has 8 heteroatoms. The standard InChI is InChI=1S/C14H12F2N6/c1-18-22-11(2-3-12(22)16)13(21-7-17)10-6-20-14-9(10)4-8(15)5-19-14/h2-6H,1,7,17H2,(H,19,20). The minimum absolute atomic E-state index is 0.0192. The molecule has 6 nitrogen and oxygen atoms in total. The van der Waals surface area contributed by atoms with Crippen molar-refractivity contribution in [2.24, 2.45) is 15.8 Å². The van der Waals surface area contributed by atoms with Crippen molar-refractivity contribution in [3.63, 3.8) is 0 Å². The van der Waals surface area contributed by atoms with Crippen molar-refractivity contribution < 1.29 is 8.78 Å². The Morgan fingerprint density at radius 3 is 2.95 bits per heavy atom. The number of hydrogen-bond acceptors (Lipinski definition) is 4. The van der Waals surface area contributed by atoms with Crippen LogP contribution in [0.5, 0.6) is 0 Å². The third-order valence-corrected chi connectivity index (χ3v) is 3.20. The van der Waals surface area contributed by atoms with Crippen LogP contribution in [0.1, 0.15) is 11.3 Å². The van der Waals surface area contributed by atoms with E-state index in [-0.39, 0.29) is 6.67 Å². The molecule has 3 N–H and O–H groups in total. The monoisotopic (exact) mass is 302 g/mol. The van der Waals surface area contributed by atoms with Gasteiger partial charge in [0.25, 0.3) is 0 Å². The average Bonchev–Trinajstić information content (AvgIpc) is 3.08. The first-order valence-corrected chi connectivity index (χ1v) is 6.38. The lowest BCUT2D eigenvalue weighted by atomic mass is 10.1. The van der Waals surface area contributed by atoms with Crippen LogP contribution in [-0.2, 0) is 0 Å². The van der Waals surface area contributed by atoms with Gasteiger partial charge >= 0.3 is 0 Å². The third kappa shape index (κ3) is 2.19. The van der Waals surface area contributed by atoms with Crippen LogP contribution in [0.2, 0.25) is 0 Å². The number of pyridine rings is 1. The van der Waals surface area contributed by atoms with Gasteiger partial charge in [-0.15, -0.1) is 0 Å². The maximum Gasteiger partial charge on any atom is 0.214 e. The van der Waals surface area contributed by atoms with Crippen molar-refractivity contribution in [3.8, 4) is 0 Å². The second kappa shape index (κ2) is 5.49. The molecule has 3 aromatic rings. The van der Waals surface area contributed by atoms with Crippen molar-refractivity contribution in [3.05, 3.63) is 53.6 Å². The highest BCUT2D eigenvalue weighted by Crippen LogP contribution is 2.22. The molecular weight excluding hydrogens is 290 g/mol. The Morgan fingerprint density at radius 1 is 1.41 bits per heavy atom. The lowest BCUT2D eigenvalue weighted by Crippen LogP contribution is -2.12. The highest BCUT2D eigenvalue weighted by molar-refractivity contribution is 6.18. The first kappa shape index (κ1) is 14.1. The molecule has 0 aromatic carbocycles. The number of rotatable bonds is 4. The Balaban J connectivity index is 2.25. The van der Waals surface area contributed by atoms with Gasteiger partial charge in [0.2, 0.25) is 5.95 Å². The van der Waals surface area contributed by atoms with Gasteiger partial charge in [-0.3, -0.25) is 4.99 Å². The number of hydrogen-bond donors (Lipinski definition) is 2. The van der Waals surface area contributed by atoms with Crippen LogP contribution in [0.25, 0.3) is 11.0 Å². The number of nitrogens with two attached hydrogens (primary N) is 1. The molecule has 3 rings (SSSR count). The largest absolute Gasteiger partial charge is 0.345 e. The summed E-state index contributed by atoms with van der Waals surface area (Å²) in [5, 5.41) is 4.13. The number of nitrogens with zero attached hydrogens (tertiary/aromatic N) is 4. The predicted octanol–water partition coefficient (Wildman–Crippen LogP) is 1.86. The summed E-state index contributed by atoms with van der Waals surface area (Å²) in [6.07, 6.45) is 2.72. The van der Waals surface area contributed by atoms with Crippen molar-refractivity contribution in [1.82, 2.24) is 14.6 Å². The van der Waals surface area contributed by atoms with E-state index < -0.39 is 11.8 Å². The van der Waals surface area contributed by atoms with Gasteiger partial charge in [-0.05, 0) is 18.2 Å². The Hall–Kier alpha value is -2.87. The van der Waals surface area contributed by atoms with E-state index in [0.717, 1.165) is 10.9 Å². The number of aliphatic imine (C=N–C) groups is 1. The lowest BCUT2D eigenvalue weighted by molar-refractivity contribution is 0.529. The molecule has 0 spiro atoms. The number of aromatic nitrogens is 3. The maximum absolute atomic E-state index is 13.7. The Morgan fingerprint density at radius 2 is 2.23 bits per heavy atom. The number of halogens is 2. The summed E-state index contributed by atoms with van der Waals surface area (Å²) >= 11 is 0. The van der Waals surface area contributed by atoms with Crippen LogP contribution in [0.15, 0.2) is 40.7 Å². The topological polar surface area (TPSA) is 84.4 Å². The molecule has 0 atom stereocenters. The smallest absolute Gasteiger partial charge is 0.214 e. The van der Waals surface area contributed by atoms with Gasteiger partial charge in [0.15, 0.2) is 0 Å². The molecule has 0 radical (unpaired) electrons. The Labute approximate surface area is 124 Å². The highest BCUT2D eigenvalue weighted by Gasteiger charge is 2.18. The predicted molar refractivity (Wildman–Crippen MR) is 80.1 cm³/mol. The molecule has 0 amide bonds. The number of nitrogens with one attached hydrogen (secondary N) is 1. The second-order valence-corrected chi connectivity index (χ2v) is 4.44. The van der Waals surface area contributed by atoms with Gasteiger partial charge in [-0.1, -0.05) is 0 Å². The van der Waals surface area contributed by atoms with Gasteiger partial charge in [0.1, 0.15) is 11.5 Å². The second-order valence-electron chi connectivity index (χ2n) is 4.44. The summed E-state index contributed by atoms with van der Waals surface area (Å²) in [4.78, 5) is 11.1.